The maximum absolute atomic E-state index is 9.33. The molecular formula is C15H15N5. The van der Waals surface area contributed by atoms with Crippen LogP contribution in [0, 0.1) is 11.3 Å². The summed E-state index contributed by atoms with van der Waals surface area (Å²) < 4.78 is 0. The second-order valence-electron chi connectivity index (χ2n) is 5.02. The fourth-order valence-electron chi connectivity index (χ4n) is 2.41. The first-order chi connectivity index (χ1) is 9.77. The molecule has 0 aliphatic heterocycles. The number of nitrogens with one attached hydrogen (secondary N) is 1. The van der Waals surface area contributed by atoms with Crippen LogP contribution in [0.3, 0.4) is 0 Å². The minimum absolute atomic E-state index is 0.312. The van der Waals surface area contributed by atoms with Crippen molar-refractivity contribution in [2.45, 2.75) is 24.7 Å². The van der Waals surface area contributed by atoms with Crippen molar-refractivity contribution in [1.82, 2.24) is 15.0 Å². The van der Waals surface area contributed by atoms with Gasteiger partial charge in [-0.1, -0.05) is 6.07 Å². The van der Waals surface area contributed by atoms with Crippen LogP contribution >= 0.6 is 0 Å². The fraction of sp³-hybridized carbons (Fsp3) is 0.333. The van der Waals surface area contributed by atoms with Gasteiger partial charge in [-0.05, 0) is 30.9 Å². The second kappa shape index (κ2) is 4.89. The molecule has 1 fully saturated rings. The fourth-order valence-corrected chi connectivity index (χ4v) is 2.41. The lowest BCUT2D eigenvalue weighted by Crippen LogP contribution is -2.32. The standard InChI is InChI=1S/C15H15N5/c1-17-14-9-19-13(8-20-14)12-4-3-11(7-18-12)15(10-16)5-2-6-15/h3-4,7-9H,2,5-6H2,1H3,(H,17,20). The Hall–Kier alpha value is -2.48. The third kappa shape index (κ3) is 1.99. The van der Waals surface area contributed by atoms with E-state index < -0.39 is 0 Å². The van der Waals surface area contributed by atoms with E-state index in [2.05, 4.69) is 26.3 Å². The first-order valence-electron chi connectivity index (χ1n) is 6.65. The van der Waals surface area contributed by atoms with Crippen molar-refractivity contribution in [2.75, 3.05) is 12.4 Å². The summed E-state index contributed by atoms with van der Waals surface area (Å²) in [5.74, 6) is 0.725. The summed E-state index contributed by atoms with van der Waals surface area (Å²) in [4.78, 5) is 13.0. The molecule has 0 spiro atoms. The Morgan fingerprint density at radius 3 is 2.35 bits per heavy atom. The number of hydrogen-bond acceptors (Lipinski definition) is 5. The van der Waals surface area contributed by atoms with Crippen molar-refractivity contribution in [2.24, 2.45) is 0 Å². The molecule has 3 rings (SSSR count). The third-order valence-electron chi connectivity index (χ3n) is 3.91. The van der Waals surface area contributed by atoms with E-state index in [9.17, 15) is 5.26 Å². The number of pyridine rings is 1. The summed E-state index contributed by atoms with van der Waals surface area (Å²) in [5.41, 5.74) is 2.20. The summed E-state index contributed by atoms with van der Waals surface area (Å²) in [5, 5.41) is 12.3. The predicted octanol–water partition coefficient (Wildman–Crippen LogP) is 2.53. The van der Waals surface area contributed by atoms with E-state index in [0.29, 0.717) is 0 Å². The first kappa shape index (κ1) is 12.5. The zero-order chi connectivity index (χ0) is 14.0. The average molecular weight is 265 g/mol. The lowest BCUT2D eigenvalue weighted by atomic mass is 9.66. The van der Waals surface area contributed by atoms with E-state index >= 15 is 0 Å². The molecule has 0 saturated heterocycles. The number of hydrogen-bond donors (Lipinski definition) is 1. The summed E-state index contributed by atoms with van der Waals surface area (Å²) in [7, 11) is 1.80. The van der Waals surface area contributed by atoms with Crippen LogP contribution in [-0.4, -0.2) is 22.0 Å². The van der Waals surface area contributed by atoms with E-state index in [1.54, 1.807) is 25.6 Å². The highest BCUT2D eigenvalue weighted by atomic mass is 15.0. The van der Waals surface area contributed by atoms with Gasteiger partial charge in [-0.25, -0.2) is 9.97 Å². The molecule has 1 aliphatic rings. The molecule has 20 heavy (non-hydrogen) atoms. The maximum atomic E-state index is 9.33. The van der Waals surface area contributed by atoms with E-state index in [4.69, 9.17) is 0 Å². The third-order valence-corrected chi connectivity index (χ3v) is 3.91. The van der Waals surface area contributed by atoms with Gasteiger partial charge in [0.05, 0.1) is 29.6 Å². The molecule has 1 N–H and O–H groups in total. The highest BCUT2D eigenvalue weighted by Gasteiger charge is 2.39. The Bertz CT molecular complexity index is 635. The van der Waals surface area contributed by atoms with Crippen LogP contribution < -0.4 is 5.32 Å². The predicted molar refractivity (Wildman–Crippen MR) is 76.0 cm³/mol. The van der Waals surface area contributed by atoms with Crippen LogP contribution in [0.5, 0.6) is 0 Å². The summed E-state index contributed by atoms with van der Waals surface area (Å²) in [6, 6.07) is 6.33. The molecule has 0 atom stereocenters. The van der Waals surface area contributed by atoms with Gasteiger partial charge in [-0.2, -0.15) is 5.26 Å². The highest BCUT2D eigenvalue weighted by molar-refractivity contribution is 5.54. The van der Waals surface area contributed by atoms with Crippen LogP contribution in [0.25, 0.3) is 11.4 Å². The maximum Gasteiger partial charge on any atom is 0.144 e. The van der Waals surface area contributed by atoms with Crippen LogP contribution in [0.15, 0.2) is 30.7 Å². The van der Waals surface area contributed by atoms with Gasteiger partial charge in [0.15, 0.2) is 0 Å². The molecule has 100 valence electrons. The quantitative estimate of drug-likeness (QED) is 0.923. The number of anilines is 1. The molecule has 0 amide bonds. The molecule has 0 bridgehead atoms. The van der Waals surface area contributed by atoms with Gasteiger partial charge in [0.1, 0.15) is 11.5 Å². The zero-order valence-electron chi connectivity index (χ0n) is 11.3. The molecular weight excluding hydrogens is 250 g/mol. The zero-order valence-corrected chi connectivity index (χ0v) is 11.3. The van der Waals surface area contributed by atoms with Crippen molar-refractivity contribution in [3.63, 3.8) is 0 Å². The van der Waals surface area contributed by atoms with Crippen molar-refractivity contribution in [1.29, 1.82) is 5.26 Å². The van der Waals surface area contributed by atoms with Gasteiger partial charge in [0.2, 0.25) is 0 Å². The van der Waals surface area contributed by atoms with E-state index in [1.807, 2.05) is 12.1 Å². The molecule has 0 unspecified atom stereocenters. The lowest BCUT2D eigenvalue weighted by Gasteiger charge is -2.35. The monoisotopic (exact) mass is 265 g/mol. The first-order valence-corrected chi connectivity index (χ1v) is 6.65. The Morgan fingerprint density at radius 2 is 1.90 bits per heavy atom. The number of aromatic nitrogens is 3. The summed E-state index contributed by atoms with van der Waals surface area (Å²) >= 11 is 0. The van der Waals surface area contributed by atoms with Crippen molar-refractivity contribution >= 4 is 5.82 Å². The van der Waals surface area contributed by atoms with Gasteiger partial charge < -0.3 is 5.32 Å². The van der Waals surface area contributed by atoms with Crippen molar-refractivity contribution in [3.05, 3.63) is 36.3 Å². The minimum atomic E-state index is -0.312. The Morgan fingerprint density at radius 1 is 1.10 bits per heavy atom. The number of nitriles is 1. The normalized spacial score (nSPS) is 16.0. The minimum Gasteiger partial charge on any atom is -0.372 e. The van der Waals surface area contributed by atoms with E-state index in [1.165, 1.54) is 0 Å². The van der Waals surface area contributed by atoms with E-state index in [0.717, 1.165) is 42.0 Å². The number of nitrogens with zero attached hydrogens (tertiary/aromatic N) is 4. The largest absolute Gasteiger partial charge is 0.372 e. The molecule has 0 aromatic carbocycles. The number of rotatable bonds is 3. The van der Waals surface area contributed by atoms with Crippen molar-refractivity contribution in [3.8, 4) is 17.5 Å². The molecule has 2 aromatic heterocycles. The SMILES string of the molecule is CNc1cnc(-c2ccc(C3(C#N)CCC3)cn2)cn1. The smallest absolute Gasteiger partial charge is 0.144 e. The van der Waals surface area contributed by atoms with Crippen LogP contribution in [0.2, 0.25) is 0 Å². The van der Waals surface area contributed by atoms with Gasteiger partial charge in [-0.3, -0.25) is 4.98 Å². The van der Waals surface area contributed by atoms with Gasteiger partial charge in [0.25, 0.3) is 0 Å². The van der Waals surface area contributed by atoms with Crippen LogP contribution in [0.1, 0.15) is 24.8 Å². The average Bonchev–Trinajstić information content (AvgIpc) is 2.48. The molecule has 5 heteroatoms. The topological polar surface area (TPSA) is 74.5 Å². The van der Waals surface area contributed by atoms with Crippen LogP contribution in [-0.2, 0) is 5.41 Å². The molecule has 1 saturated carbocycles. The van der Waals surface area contributed by atoms with E-state index in [-0.39, 0.29) is 5.41 Å². The molecule has 2 heterocycles. The molecule has 1 aliphatic carbocycles. The summed E-state index contributed by atoms with van der Waals surface area (Å²) in [6.45, 7) is 0. The second-order valence-corrected chi connectivity index (χ2v) is 5.02. The Balaban J connectivity index is 1.87. The van der Waals surface area contributed by atoms with Crippen LogP contribution in [0.4, 0.5) is 5.82 Å². The molecule has 0 radical (unpaired) electrons. The van der Waals surface area contributed by atoms with Gasteiger partial charge in [0, 0.05) is 13.2 Å². The highest BCUT2D eigenvalue weighted by Crippen LogP contribution is 2.42. The summed E-state index contributed by atoms with van der Waals surface area (Å²) in [6.07, 6.45) is 8.14. The molecule has 2 aromatic rings. The van der Waals surface area contributed by atoms with Gasteiger partial charge >= 0.3 is 0 Å². The van der Waals surface area contributed by atoms with Gasteiger partial charge in [-0.15, -0.1) is 0 Å². The molecule has 5 nitrogen and oxygen atoms in total. The lowest BCUT2D eigenvalue weighted by molar-refractivity contribution is 0.323. The van der Waals surface area contributed by atoms with Crippen molar-refractivity contribution < 1.29 is 0 Å². The Labute approximate surface area is 117 Å². The Kier molecular flexibility index (Phi) is 3.07.